The molecule has 26 heavy (non-hydrogen) atoms. The molecule has 0 saturated carbocycles. The number of halogens is 1. The van der Waals surface area contributed by atoms with Gasteiger partial charge in [-0.1, -0.05) is 13.3 Å². The summed E-state index contributed by atoms with van der Waals surface area (Å²) in [5.41, 5.74) is 1.74. The summed E-state index contributed by atoms with van der Waals surface area (Å²) < 4.78 is 13.1. The van der Waals surface area contributed by atoms with Gasteiger partial charge in [-0.25, -0.2) is 4.68 Å². The number of nitrogens with zero attached hydrogens (tertiary/aromatic N) is 2. The average Bonchev–Trinajstić information content (AvgIpc) is 2.66. The first kappa shape index (κ1) is 20.3. The number of benzene rings is 1. The highest BCUT2D eigenvalue weighted by Crippen LogP contribution is 2.25. The molecule has 0 unspecified atom stereocenters. The van der Waals surface area contributed by atoms with Crippen LogP contribution in [0, 0.1) is 0 Å². The number of ether oxygens (including phenoxy) is 2. The van der Waals surface area contributed by atoms with Gasteiger partial charge in [0, 0.05) is 13.1 Å². The smallest absolute Gasteiger partial charge is 0.283 e. The van der Waals surface area contributed by atoms with Crippen LogP contribution in [-0.4, -0.2) is 30.0 Å². The van der Waals surface area contributed by atoms with Gasteiger partial charge in [-0.15, -0.1) is 0 Å². The molecule has 142 valence electrons. The first-order chi connectivity index (χ1) is 12.6. The Kier molecular flexibility index (Phi) is 7.97. The zero-order valence-corrected chi connectivity index (χ0v) is 17.1. The molecule has 0 aliphatic rings. The van der Waals surface area contributed by atoms with Crippen molar-refractivity contribution in [3.8, 4) is 11.5 Å². The van der Waals surface area contributed by atoms with Crippen LogP contribution in [0.15, 0.2) is 33.7 Å². The summed E-state index contributed by atoms with van der Waals surface area (Å²) in [4.78, 5) is 12.0. The fourth-order valence-electron chi connectivity index (χ4n) is 2.58. The number of hydrogen-bond donors (Lipinski definition) is 1. The molecule has 2 aromatic rings. The monoisotopic (exact) mass is 423 g/mol. The van der Waals surface area contributed by atoms with Gasteiger partial charge in [-0.05, 0) is 59.5 Å². The van der Waals surface area contributed by atoms with E-state index in [1.54, 1.807) is 13.3 Å². The van der Waals surface area contributed by atoms with E-state index in [1.165, 1.54) is 4.68 Å². The molecular formula is C19H26BrN3O3. The normalized spacial score (nSPS) is 10.6. The van der Waals surface area contributed by atoms with Gasteiger partial charge >= 0.3 is 0 Å². The summed E-state index contributed by atoms with van der Waals surface area (Å²) in [6, 6.07) is 5.91. The summed E-state index contributed by atoms with van der Waals surface area (Å²) in [5, 5.41) is 7.35. The van der Waals surface area contributed by atoms with Crippen molar-refractivity contribution in [1.29, 1.82) is 0 Å². The SMILES string of the molecule is CCCc1cc(OC)ccc1OCCCNc1cnn(CC)c(=O)c1Br. The Labute approximate surface area is 162 Å². The van der Waals surface area contributed by atoms with E-state index in [0.29, 0.717) is 29.9 Å². The first-order valence-electron chi connectivity index (χ1n) is 8.89. The molecule has 0 spiro atoms. The number of methoxy groups -OCH3 is 1. The second-order valence-electron chi connectivity index (χ2n) is 5.85. The van der Waals surface area contributed by atoms with Crippen molar-refractivity contribution in [2.75, 3.05) is 25.6 Å². The topological polar surface area (TPSA) is 65.4 Å². The molecule has 7 heteroatoms. The molecule has 1 aromatic heterocycles. The van der Waals surface area contributed by atoms with Crippen LogP contribution in [0.1, 0.15) is 32.3 Å². The molecule has 0 amide bonds. The molecule has 6 nitrogen and oxygen atoms in total. The van der Waals surface area contributed by atoms with Gasteiger partial charge in [-0.3, -0.25) is 4.79 Å². The van der Waals surface area contributed by atoms with Crippen LogP contribution >= 0.6 is 15.9 Å². The second kappa shape index (κ2) is 10.2. The van der Waals surface area contributed by atoms with Gasteiger partial charge in [-0.2, -0.15) is 5.10 Å². The molecule has 0 radical (unpaired) electrons. The minimum absolute atomic E-state index is 0.129. The number of aromatic nitrogens is 2. The van der Waals surface area contributed by atoms with E-state index < -0.39 is 0 Å². The van der Waals surface area contributed by atoms with E-state index in [4.69, 9.17) is 9.47 Å². The van der Waals surface area contributed by atoms with Crippen LogP contribution in [-0.2, 0) is 13.0 Å². The Morgan fingerprint density at radius 2 is 2.12 bits per heavy atom. The third kappa shape index (κ3) is 5.24. The Morgan fingerprint density at radius 1 is 1.31 bits per heavy atom. The minimum atomic E-state index is -0.129. The van der Waals surface area contributed by atoms with Gasteiger partial charge in [0.2, 0.25) is 0 Å². The largest absolute Gasteiger partial charge is 0.497 e. The molecule has 0 aliphatic carbocycles. The molecule has 0 saturated heterocycles. The fourth-order valence-corrected chi connectivity index (χ4v) is 3.03. The summed E-state index contributed by atoms with van der Waals surface area (Å²) in [6.45, 7) is 5.86. The van der Waals surface area contributed by atoms with Crippen molar-refractivity contribution in [1.82, 2.24) is 9.78 Å². The van der Waals surface area contributed by atoms with Gasteiger partial charge in [0.1, 0.15) is 16.0 Å². The Hall–Kier alpha value is -2.02. The molecular weight excluding hydrogens is 398 g/mol. The number of rotatable bonds is 10. The molecule has 1 heterocycles. The molecule has 1 aromatic carbocycles. The maximum Gasteiger partial charge on any atom is 0.283 e. The highest BCUT2D eigenvalue weighted by Gasteiger charge is 2.08. The van der Waals surface area contributed by atoms with Crippen LogP contribution in [0.25, 0.3) is 0 Å². The Morgan fingerprint density at radius 3 is 2.81 bits per heavy atom. The lowest BCUT2D eigenvalue weighted by Crippen LogP contribution is -2.23. The molecule has 0 aliphatic heterocycles. The van der Waals surface area contributed by atoms with E-state index in [9.17, 15) is 4.79 Å². The highest BCUT2D eigenvalue weighted by atomic mass is 79.9. The summed E-state index contributed by atoms with van der Waals surface area (Å²) in [7, 11) is 1.67. The average molecular weight is 424 g/mol. The molecule has 2 rings (SSSR count). The fraction of sp³-hybridized carbons (Fsp3) is 0.474. The van der Waals surface area contributed by atoms with Crippen LogP contribution in [0.4, 0.5) is 5.69 Å². The van der Waals surface area contributed by atoms with Crippen LogP contribution in [0.5, 0.6) is 11.5 Å². The third-order valence-corrected chi connectivity index (χ3v) is 4.73. The third-order valence-electron chi connectivity index (χ3n) is 3.97. The van der Waals surface area contributed by atoms with Crippen LogP contribution in [0.3, 0.4) is 0 Å². The van der Waals surface area contributed by atoms with Crippen molar-refractivity contribution in [3.05, 3.63) is 44.8 Å². The van der Waals surface area contributed by atoms with Gasteiger partial charge in [0.15, 0.2) is 0 Å². The zero-order chi connectivity index (χ0) is 18.9. The predicted molar refractivity (Wildman–Crippen MR) is 107 cm³/mol. The number of anilines is 1. The van der Waals surface area contributed by atoms with E-state index in [0.717, 1.165) is 36.3 Å². The molecule has 0 fully saturated rings. The number of hydrogen-bond acceptors (Lipinski definition) is 5. The predicted octanol–water partition coefficient (Wildman–Crippen LogP) is 3.87. The Balaban J connectivity index is 1.86. The number of nitrogens with one attached hydrogen (secondary N) is 1. The van der Waals surface area contributed by atoms with Gasteiger partial charge in [0.25, 0.3) is 5.56 Å². The molecule has 0 bridgehead atoms. The van der Waals surface area contributed by atoms with E-state index >= 15 is 0 Å². The van der Waals surface area contributed by atoms with Crippen LogP contribution in [0.2, 0.25) is 0 Å². The van der Waals surface area contributed by atoms with E-state index in [1.807, 2.05) is 25.1 Å². The van der Waals surface area contributed by atoms with Crippen LogP contribution < -0.4 is 20.3 Å². The summed E-state index contributed by atoms with van der Waals surface area (Å²) in [6.07, 6.45) is 4.48. The van der Waals surface area contributed by atoms with Crippen molar-refractivity contribution >= 4 is 21.6 Å². The number of aryl methyl sites for hydroxylation is 2. The lowest BCUT2D eigenvalue weighted by atomic mass is 10.1. The standard InChI is InChI=1S/C19H26BrN3O3/c1-4-7-14-12-15(25-3)8-9-17(14)26-11-6-10-21-16-13-22-23(5-2)19(24)18(16)20/h8-9,12-13,21H,4-7,10-11H2,1-3H3. The van der Waals surface area contributed by atoms with Gasteiger partial charge in [0.05, 0.1) is 25.6 Å². The maximum absolute atomic E-state index is 12.0. The van der Waals surface area contributed by atoms with E-state index in [2.05, 4.69) is 33.3 Å². The van der Waals surface area contributed by atoms with Crippen molar-refractivity contribution < 1.29 is 9.47 Å². The van der Waals surface area contributed by atoms with Crippen molar-refractivity contribution in [3.63, 3.8) is 0 Å². The second-order valence-corrected chi connectivity index (χ2v) is 6.64. The van der Waals surface area contributed by atoms with Crippen molar-refractivity contribution in [2.24, 2.45) is 0 Å². The zero-order valence-electron chi connectivity index (χ0n) is 15.5. The summed E-state index contributed by atoms with van der Waals surface area (Å²) in [5.74, 6) is 1.75. The first-order valence-corrected chi connectivity index (χ1v) is 9.69. The maximum atomic E-state index is 12.0. The van der Waals surface area contributed by atoms with E-state index in [-0.39, 0.29) is 5.56 Å². The lowest BCUT2D eigenvalue weighted by Gasteiger charge is -2.13. The lowest BCUT2D eigenvalue weighted by molar-refractivity contribution is 0.310. The molecule has 0 atom stereocenters. The van der Waals surface area contributed by atoms with Crippen molar-refractivity contribution in [2.45, 2.75) is 39.7 Å². The summed E-state index contributed by atoms with van der Waals surface area (Å²) >= 11 is 3.34. The highest BCUT2D eigenvalue weighted by molar-refractivity contribution is 9.10. The minimum Gasteiger partial charge on any atom is -0.497 e. The Bertz CT molecular complexity index is 777. The quantitative estimate of drug-likeness (QED) is 0.587. The van der Waals surface area contributed by atoms with Gasteiger partial charge < -0.3 is 14.8 Å². The molecule has 1 N–H and O–H groups in total.